The SMILES string of the molecule is COc1ccc(C(=O)CCC(=O)c2cccc3ccccc23)cc1. The molecule has 24 heavy (non-hydrogen) atoms. The number of rotatable bonds is 6. The molecule has 3 heteroatoms. The van der Waals surface area contributed by atoms with Crippen LogP contribution in [0.1, 0.15) is 33.6 Å². The van der Waals surface area contributed by atoms with Crippen molar-refractivity contribution in [2.75, 3.05) is 7.11 Å². The van der Waals surface area contributed by atoms with E-state index in [0.29, 0.717) is 16.9 Å². The van der Waals surface area contributed by atoms with E-state index in [4.69, 9.17) is 4.74 Å². The second kappa shape index (κ2) is 7.09. The molecule has 0 heterocycles. The first kappa shape index (κ1) is 15.9. The highest BCUT2D eigenvalue weighted by molar-refractivity contribution is 6.09. The van der Waals surface area contributed by atoms with Gasteiger partial charge >= 0.3 is 0 Å². The molecule has 0 fully saturated rings. The van der Waals surface area contributed by atoms with Crippen LogP contribution < -0.4 is 4.74 Å². The second-order valence-electron chi connectivity index (χ2n) is 5.60. The van der Waals surface area contributed by atoms with Crippen molar-refractivity contribution in [3.05, 3.63) is 77.9 Å². The van der Waals surface area contributed by atoms with E-state index in [1.165, 1.54) is 0 Å². The highest BCUT2D eigenvalue weighted by Gasteiger charge is 2.13. The smallest absolute Gasteiger partial charge is 0.163 e. The molecule has 3 aromatic rings. The predicted molar refractivity (Wildman–Crippen MR) is 94.8 cm³/mol. The van der Waals surface area contributed by atoms with Crippen LogP contribution >= 0.6 is 0 Å². The maximum Gasteiger partial charge on any atom is 0.163 e. The van der Waals surface area contributed by atoms with Crippen molar-refractivity contribution in [3.8, 4) is 5.75 Å². The molecular weight excluding hydrogens is 300 g/mol. The predicted octanol–water partition coefficient (Wildman–Crippen LogP) is 4.69. The third kappa shape index (κ3) is 3.35. The molecule has 0 bridgehead atoms. The monoisotopic (exact) mass is 318 g/mol. The summed E-state index contributed by atoms with van der Waals surface area (Å²) in [5.41, 5.74) is 1.28. The maximum atomic E-state index is 12.5. The van der Waals surface area contributed by atoms with Crippen LogP contribution in [0.25, 0.3) is 10.8 Å². The Balaban J connectivity index is 1.71. The minimum Gasteiger partial charge on any atom is -0.497 e. The summed E-state index contributed by atoms with van der Waals surface area (Å²) in [6.45, 7) is 0. The Bertz CT molecular complexity index is 874. The molecule has 0 atom stereocenters. The second-order valence-corrected chi connectivity index (χ2v) is 5.60. The van der Waals surface area contributed by atoms with Crippen molar-refractivity contribution in [1.29, 1.82) is 0 Å². The molecule has 3 aromatic carbocycles. The van der Waals surface area contributed by atoms with E-state index in [0.717, 1.165) is 10.8 Å². The Kier molecular flexibility index (Phi) is 4.71. The van der Waals surface area contributed by atoms with Gasteiger partial charge in [0.25, 0.3) is 0 Å². The van der Waals surface area contributed by atoms with E-state index in [9.17, 15) is 9.59 Å². The van der Waals surface area contributed by atoms with E-state index in [1.54, 1.807) is 31.4 Å². The van der Waals surface area contributed by atoms with Crippen molar-refractivity contribution in [3.63, 3.8) is 0 Å². The minimum absolute atomic E-state index is 0.00587. The molecule has 0 saturated carbocycles. The molecule has 0 aliphatic carbocycles. The number of carbonyl (C=O) groups is 2. The summed E-state index contributed by atoms with van der Waals surface area (Å²) >= 11 is 0. The summed E-state index contributed by atoms with van der Waals surface area (Å²) in [6.07, 6.45) is 0.410. The quantitative estimate of drug-likeness (QED) is 0.619. The normalized spacial score (nSPS) is 10.5. The molecule has 0 aliphatic heterocycles. The van der Waals surface area contributed by atoms with Crippen molar-refractivity contribution in [2.24, 2.45) is 0 Å². The Labute approximate surface area is 140 Å². The van der Waals surface area contributed by atoms with Crippen LogP contribution in [0.5, 0.6) is 5.75 Å². The standard InChI is InChI=1S/C21H18O3/c1-24-17-11-9-16(10-12-17)20(22)13-14-21(23)19-8-4-6-15-5-2-3-7-18(15)19/h2-12H,13-14H2,1H3. The van der Waals surface area contributed by atoms with Crippen molar-refractivity contribution in [1.82, 2.24) is 0 Å². The average Bonchev–Trinajstić information content (AvgIpc) is 2.65. The van der Waals surface area contributed by atoms with E-state index in [-0.39, 0.29) is 24.4 Å². The molecule has 3 nitrogen and oxygen atoms in total. The highest BCUT2D eigenvalue weighted by atomic mass is 16.5. The molecule has 0 unspecified atom stereocenters. The molecule has 0 spiro atoms. The van der Waals surface area contributed by atoms with E-state index in [1.807, 2.05) is 42.5 Å². The van der Waals surface area contributed by atoms with E-state index >= 15 is 0 Å². The van der Waals surface area contributed by atoms with E-state index < -0.39 is 0 Å². The average molecular weight is 318 g/mol. The number of methoxy groups -OCH3 is 1. The lowest BCUT2D eigenvalue weighted by atomic mass is 9.97. The number of fused-ring (bicyclic) bond motifs is 1. The molecule has 0 radical (unpaired) electrons. The molecule has 0 aromatic heterocycles. The van der Waals surface area contributed by atoms with Crippen LogP contribution in [0.4, 0.5) is 0 Å². The Morgan fingerprint density at radius 1 is 0.792 bits per heavy atom. The molecule has 0 N–H and O–H groups in total. The van der Waals surface area contributed by atoms with Crippen molar-refractivity contribution in [2.45, 2.75) is 12.8 Å². The molecule has 0 amide bonds. The van der Waals surface area contributed by atoms with Gasteiger partial charge < -0.3 is 4.74 Å². The summed E-state index contributed by atoms with van der Waals surface area (Å²) < 4.78 is 5.08. The van der Waals surface area contributed by atoms with Crippen LogP contribution in [0.15, 0.2) is 66.7 Å². The number of ether oxygens (including phenoxy) is 1. The van der Waals surface area contributed by atoms with Gasteiger partial charge in [-0.1, -0.05) is 42.5 Å². The first-order valence-corrected chi connectivity index (χ1v) is 7.87. The molecule has 3 rings (SSSR count). The summed E-state index contributed by atoms with van der Waals surface area (Å²) in [4.78, 5) is 24.8. The van der Waals surface area contributed by atoms with E-state index in [2.05, 4.69) is 0 Å². The zero-order valence-corrected chi connectivity index (χ0v) is 13.5. The zero-order valence-electron chi connectivity index (χ0n) is 13.5. The van der Waals surface area contributed by atoms with Crippen molar-refractivity contribution >= 4 is 22.3 Å². The largest absolute Gasteiger partial charge is 0.497 e. The fourth-order valence-electron chi connectivity index (χ4n) is 2.75. The first-order valence-electron chi connectivity index (χ1n) is 7.87. The summed E-state index contributed by atoms with van der Waals surface area (Å²) in [6, 6.07) is 20.4. The van der Waals surface area contributed by atoms with Gasteiger partial charge in [-0.15, -0.1) is 0 Å². The summed E-state index contributed by atoms with van der Waals surface area (Å²) in [7, 11) is 1.58. The van der Waals surface area contributed by atoms with Crippen LogP contribution in [0.2, 0.25) is 0 Å². The van der Waals surface area contributed by atoms with Gasteiger partial charge in [0, 0.05) is 24.0 Å². The number of hydrogen-bond acceptors (Lipinski definition) is 3. The van der Waals surface area contributed by atoms with Crippen molar-refractivity contribution < 1.29 is 14.3 Å². The third-order valence-electron chi connectivity index (χ3n) is 4.08. The van der Waals surface area contributed by atoms with Gasteiger partial charge in [0.15, 0.2) is 11.6 Å². The van der Waals surface area contributed by atoms with Gasteiger partial charge in [-0.2, -0.15) is 0 Å². The summed E-state index contributed by atoms with van der Waals surface area (Å²) in [5.74, 6) is 0.665. The van der Waals surface area contributed by atoms with Gasteiger partial charge in [-0.25, -0.2) is 0 Å². The lowest BCUT2D eigenvalue weighted by molar-refractivity contribution is 0.0918. The number of hydrogen-bond donors (Lipinski definition) is 0. The first-order chi connectivity index (χ1) is 11.7. The number of ketones is 2. The number of carbonyl (C=O) groups excluding carboxylic acids is 2. The fourth-order valence-corrected chi connectivity index (χ4v) is 2.75. The van der Waals surface area contributed by atoms with Gasteiger partial charge in [0.05, 0.1) is 7.11 Å². The van der Waals surface area contributed by atoms with Crippen LogP contribution in [-0.2, 0) is 0 Å². The zero-order chi connectivity index (χ0) is 16.9. The summed E-state index contributed by atoms with van der Waals surface area (Å²) in [5, 5.41) is 1.96. The molecule has 0 aliphatic rings. The highest BCUT2D eigenvalue weighted by Crippen LogP contribution is 2.21. The van der Waals surface area contributed by atoms with Gasteiger partial charge in [0.2, 0.25) is 0 Å². The molecule has 0 saturated heterocycles. The Hall–Kier alpha value is -2.94. The Morgan fingerprint density at radius 2 is 1.46 bits per heavy atom. The molecule has 120 valence electrons. The van der Waals surface area contributed by atoms with Crippen LogP contribution in [0, 0.1) is 0 Å². The van der Waals surface area contributed by atoms with Gasteiger partial charge in [0.1, 0.15) is 5.75 Å². The van der Waals surface area contributed by atoms with Gasteiger partial charge in [-0.3, -0.25) is 9.59 Å². The fraction of sp³-hybridized carbons (Fsp3) is 0.143. The lowest BCUT2D eigenvalue weighted by Crippen LogP contribution is -2.05. The number of Topliss-reactive ketones (excluding diaryl/α,β-unsaturated/α-hetero) is 2. The third-order valence-corrected chi connectivity index (χ3v) is 4.08. The maximum absolute atomic E-state index is 12.5. The Morgan fingerprint density at radius 3 is 2.21 bits per heavy atom. The van der Waals surface area contributed by atoms with Gasteiger partial charge in [-0.05, 0) is 35.0 Å². The van der Waals surface area contributed by atoms with Crippen LogP contribution in [0.3, 0.4) is 0 Å². The molecular formula is C21H18O3. The minimum atomic E-state index is -0.0359. The van der Waals surface area contributed by atoms with Crippen LogP contribution in [-0.4, -0.2) is 18.7 Å². The number of benzene rings is 3. The topological polar surface area (TPSA) is 43.4 Å². The lowest BCUT2D eigenvalue weighted by Gasteiger charge is -2.06.